The van der Waals surface area contributed by atoms with Gasteiger partial charge in [0.2, 0.25) is 0 Å². The minimum absolute atomic E-state index is 0.132. The van der Waals surface area contributed by atoms with Gasteiger partial charge in [-0.05, 0) is 37.5 Å². The highest BCUT2D eigenvalue weighted by atomic mass is 35.5. The number of rotatable bonds is 3. The standard InChI is InChI=1S/C14H16ClN5O/c15-12-5-6-18-20(14(12)21)11-3-4-13(17-8-11)19-10-2-1-9(16)7-10/h3-6,8-10H,1-2,7,16H2,(H,17,19)/t9-,10-/m0/s1. The summed E-state index contributed by atoms with van der Waals surface area (Å²) in [6, 6.07) is 5.72. The zero-order valence-electron chi connectivity index (χ0n) is 11.4. The molecule has 0 radical (unpaired) electrons. The molecule has 0 aromatic carbocycles. The number of aromatic nitrogens is 3. The first kappa shape index (κ1) is 14.0. The number of anilines is 1. The van der Waals surface area contributed by atoms with E-state index in [1.807, 2.05) is 6.07 Å². The van der Waals surface area contributed by atoms with Crippen molar-refractivity contribution in [3.05, 3.63) is 46.0 Å². The van der Waals surface area contributed by atoms with Crippen LogP contribution in [-0.4, -0.2) is 26.8 Å². The Bertz CT molecular complexity index is 685. The van der Waals surface area contributed by atoms with Crippen LogP contribution in [-0.2, 0) is 0 Å². The lowest BCUT2D eigenvalue weighted by Crippen LogP contribution is -2.22. The van der Waals surface area contributed by atoms with Gasteiger partial charge in [0.25, 0.3) is 5.56 Å². The predicted molar refractivity (Wildman–Crippen MR) is 81.9 cm³/mol. The average Bonchev–Trinajstić information content (AvgIpc) is 2.88. The molecule has 0 aliphatic heterocycles. The molecular formula is C14H16ClN5O. The van der Waals surface area contributed by atoms with Gasteiger partial charge in [0.05, 0.1) is 11.9 Å². The van der Waals surface area contributed by atoms with Crippen molar-refractivity contribution in [2.75, 3.05) is 5.32 Å². The predicted octanol–water partition coefficient (Wildman–Crippen LogP) is 1.57. The third-order valence-electron chi connectivity index (χ3n) is 3.62. The Hall–Kier alpha value is -1.92. The molecule has 1 fully saturated rings. The minimum Gasteiger partial charge on any atom is -0.367 e. The van der Waals surface area contributed by atoms with Crippen LogP contribution in [0.15, 0.2) is 35.4 Å². The van der Waals surface area contributed by atoms with Crippen LogP contribution in [0.2, 0.25) is 5.02 Å². The van der Waals surface area contributed by atoms with Crippen LogP contribution in [0.5, 0.6) is 0 Å². The van der Waals surface area contributed by atoms with E-state index in [2.05, 4.69) is 15.4 Å². The molecule has 2 atom stereocenters. The lowest BCUT2D eigenvalue weighted by molar-refractivity contribution is 0.686. The van der Waals surface area contributed by atoms with Gasteiger partial charge in [-0.3, -0.25) is 4.79 Å². The van der Waals surface area contributed by atoms with Gasteiger partial charge < -0.3 is 11.1 Å². The molecule has 0 saturated heterocycles. The highest BCUT2D eigenvalue weighted by molar-refractivity contribution is 6.30. The quantitative estimate of drug-likeness (QED) is 0.899. The minimum atomic E-state index is -0.358. The van der Waals surface area contributed by atoms with Gasteiger partial charge in [0.15, 0.2) is 0 Å². The first-order valence-electron chi connectivity index (χ1n) is 6.86. The summed E-state index contributed by atoms with van der Waals surface area (Å²) in [5, 5.41) is 7.48. The van der Waals surface area contributed by atoms with Crippen LogP contribution in [0, 0.1) is 0 Å². The highest BCUT2D eigenvalue weighted by Crippen LogP contribution is 2.21. The molecule has 6 nitrogen and oxygen atoms in total. The molecule has 0 spiro atoms. The van der Waals surface area contributed by atoms with Crippen LogP contribution in [0.1, 0.15) is 19.3 Å². The fourth-order valence-electron chi connectivity index (χ4n) is 2.53. The van der Waals surface area contributed by atoms with Crippen molar-refractivity contribution >= 4 is 17.4 Å². The van der Waals surface area contributed by atoms with Gasteiger partial charge in [0, 0.05) is 18.3 Å². The van der Waals surface area contributed by atoms with Crippen molar-refractivity contribution in [2.24, 2.45) is 5.73 Å². The van der Waals surface area contributed by atoms with Gasteiger partial charge in [0.1, 0.15) is 10.8 Å². The van der Waals surface area contributed by atoms with Crippen molar-refractivity contribution in [3.8, 4) is 5.69 Å². The van der Waals surface area contributed by atoms with Crippen LogP contribution in [0.4, 0.5) is 5.82 Å². The number of nitrogens with two attached hydrogens (primary N) is 1. The first-order valence-corrected chi connectivity index (χ1v) is 7.23. The third kappa shape index (κ3) is 3.06. The van der Waals surface area contributed by atoms with E-state index in [-0.39, 0.29) is 16.6 Å². The summed E-state index contributed by atoms with van der Waals surface area (Å²) < 4.78 is 1.23. The SMILES string of the molecule is N[C@H]1CC[C@H](Nc2ccc(-n3nccc(Cl)c3=O)cn2)C1. The van der Waals surface area contributed by atoms with E-state index >= 15 is 0 Å². The average molecular weight is 306 g/mol. The number of hydrogen-bond donors (Lipinski definition) is 2. The van der Waals surface area contributed by atoms with E-state index in [1.165, 1.54) is 16.9 Å². The maximum atomic E-state index is 11.9. The molecule has 2 heterocycles. The second-order valence-corrected chi connectivity index (χ2v) is 5.62. The largest absolute Gasteiger partial charge is 0.367 e. The van der Waals surface area contributed by atoms with E-state index in [4.69, 9.17) is 17.3 Å². The Morgan fingerprint density at radius 3 is 2.86 bits per heavy atom. The van der Waals surface area contributed by atoms with E-state index in [0.29, 0.717) is 11.7 Å². The zero-order valence-corrected chi connectivity index (χ0v) is 12.1. The van der Waals surface area contributed by atoms with Crippen molar-refractivity contribution in [1.82, 2.24) is 14.8 Å². The molecule has 0 unspecified atom stereocenters. The molecule has 3 N–H and O–H groups in total. The summed E-state index contributed by atoms with van der Waals surface area (Å²) in [4.78, 5) is 16.2. The Balaban J connectivity index is 1.78. The monoisotopic (exact) mass is 305 g/mol. The molecular weight excluding hydrogens is 290 g/mol. The fraction of sp³-hybridized carbons (Fsp3) is 0.357. The molecule has 2 aromatic rings. The fourth-order valence-corrected chi connectivity index (χ4v) is 2.66. The number of halogens is 1. The number of nitrogens with zero attached hydrogens (tertiary/aromatic N) is 3. The molecule has 21 heavy (non-hydrogen) atoms. The third-order valence-corrected chi connectivity index (χ3v) is 3.90. The van der Waals surface area contributed by atoms with Crippen LogP contribution in [0.25, 0.3) is 5.69 Å². The molecule has 1 aliphatic carbocycles. The Morgan fingerprint density at radius 2 is 2.19 bits per heavy atom. The van der Waals surface area contributed by atoms with Gasteiger partial charge in [-0.25, -0.2) is 4.98 Å². The Labute approximate surface area is 126 Å². The van der Waals surface area contributed by atoms with Crippen molar-refractivity contribution < 1.29 is 0 Å². The van der Waals surface area contributed by atoms with Gasteiger partial charge in [-0.15, -0.1) is 0 Å². The number of nitrogens with one attached hydrogen (secondary N) is 1. The van der Waals surface area contributed by atoms with E-state index in [1.54, 1.807) is 12.3 Å². The highest BCUT2D eigenvalue weighted by Gasteiger charge is 2.21. The van der Waals surface area contributed by atoms with Crippen molar-refractivity contribution in [1.29, 1.82) is 0 Å². The van der Waals surface area contributed by atoms with Crippen LogP contribution >= 0.6 is 11.6 Å². The van der Waals surface area contributed by atoms with Crippen molar-refractivity contribution in [3.63, 3.8) is 0 Å². The molecule has 1 saturated carbocycles. The van der Waals surface area contributed by atoms with Gasteiger partial charge in [-0.2, -0.15) is 9.78 Å². The molecule has 0 amide bonds. The summed E-state index contributed by atoms with van der Waals surface area (Å²) in [5.41, 5.74) is 6.11. The molecule has 3 rings (SSSR count). The van der Waals surface area contributed by atoms with Crippen LogP contribution in [0.3, 0.4) is 0 Å². The summed E-state index contributed by atoms with van der Waals surface area (Å²) >= 11 is 5.80. The molecule has 110 valence electrons. The topological polar surface area (TPSA) is 85.8 Å². The molecule has 7 heteroatoms. The Kier molecular flexibility index (Phi) is 3.90. The summed E-state index contributed by atoms with van der Waals surface area (Å²) in [5.74, 6) is 0.771. The normalized spacial score (nSPS) is 21.4. The number of hydrogen-bond acceptors (Lipinski definition) is 5. The lowest BCUT2D eigenvalue weighted by Gasteiger charge is -2.13. The second kappa shape index (κ2) is 5.83. The second-order valence-electron chi connectivity index (χ2n) is 5.21. The summed E-state index contributed by atoms with van der Waals surface area (Å²) in [7, 11) is 0. The maximum Gasteiger partial charge on any atom is 0.290 e. The van der Waals surface area contributed by atoms with E-state index in [0.717, 1.165) is 25.1 Å². The van der Waals surface area contributed by atoms with Gasteiger partial charge in [-0.1, -0.05) is 11.6 Å². The zero-order chi connectivity index (χ0) is 14.8. The summed E-state index contributed by atoms with van der Waals surface area (Å²) in [6.07, 6.45) is 6.13. The van der Waals surface area contributed by atoms with Crippen LogP contribution < -0.4 is 16.6 Å². The molecule has 0 bridgehead atoms. The van der Waals surface area contributed by atoms with Gasteiger partial charge >= 0.3 is 0 Å². The molecule has 2 aromatic heterocycles. The Morgan fingerprint density at radius 1 is 1.33 bits per heavy atom. The van der Waals surface area contributed by atoms with Crippen molar-refractivity contribution in [2.45, 2.75) is 31.3 Å². The first-order chi connectivity index (χ1) is 10.1. The smallest absolute Gasteiger partial charge is 0.290 e. The van der Waals surface area contributed by atoms with E-state index < -0.39 is 0 Å². The summed E-state index contributed by atoms with van der Waals surface area (Å²) in [6.45, 7) is 0. The maximum absolute atomic E-state index is 11.9. The number of pyridine rings is 1. The molecule has 1 aliphatic rings. The lowest BCUT2D eigenvalue weighted by atomic mass is 10.2. The van der Waals surface area contributed by atoms with E-state index in [9.17, 15) is 4.79 Å².